The Kier molecular flexibility index (Phi) is 10.7. The van der Waals surface area contributed by atoms with Crippen molar-refractivity contribution in [1.29, 1.82) is 0 Å². The molecule has 46 heavy (non-hydrogen) atoms. The van der Waals surface area contributed by atoms with Crippen molar-refractivity contribution in [3.05, 3.63) is 79.9 Å². The summed E-state index contributed by atoms with van der Waals surface area (Å²) < 4.78 is -0.840. The van der Waals surface area contributed by atoms with Crippen LogP contribution in [0.25, 0.3) is 0 Å². The SMILES string of the molecule is C=CCN(C(=O)C1N([C@@H](CC)CO)C(=O)[C@@H]2[C@@H](C(=O)N(CC=C)c3ccccc3)[C@@H]3SC12CC3Br)c1ccc(N(CC)CC)cc1. The maximum absolute atomic E-state index is 15.0. The van der Waals surface area contributed by atoms with E-state index in [0.717, 1.165) is 24.5 Å². The zero-order valence-corrected chi connectivity index (χ0v) is 29.3. The lowest BCUT2D eigenvalue weighted by Gasteiger charge is -2.40. The van der Waals surface area contributed by atoms with Crippen LogP contribution in [0.3, 0.4) is 0 Å². The molecule has 2 aromatic rings. The third-order valence-corrected chi connectivity index (χ3v) is 13.1. The number of alkyl halides is 1. The quantitative estimate of drug-likeness (QED) is 0.206. The molecule has 2 bridgehead atoms. The van der Waals surface area contributed by atoms with Gasteiger partial charge < -0.3 is 24.7 Å². The van der Waals surface area contributed by atoms with Gasteiger partial charge in [-0.15, -0.1) is 24.9 Å². The van der Waals surface area contributed by atoms with Crippen molar-refractivity contribution in [2.75, 3.05) is 47.5 Å². The number of fused-ring (bicyclic) bond motifs is 1. The van der Waals surface area contributed by atoms with E-state index in [1.807, 2.05) is 61.5 Å². The molecule has 3 amide bonds. The van der Waals surface area contributed by atoms with Gasteiger partial charge >= 0.3 is 0 Å². The number of aliphatic hydroxyl groups excluding tert-OH is 1. The second-order valence-electron chi connectivity index (χ2n) is 12.2. The Bertz CT molecular complexity index is 1430. The van der Waals surface area contributed by atoms with E-state index in [4.69, 9.17) is 0 Å². The van der Waals surface area contributed by atoms with E-state index >= 15 is 0 Å². The van der Waals surface area contributed by atoms with Crippen molar-refractivity contribution in [3.63, 3.8) is 0 Å². The van der Waals surface area contributed by atoms with Crippen LogP contribution in [0, 0.1) is 11.8 Å². The zero-order valence-electron chi connectivity index (χ0n) is 26.9. The molecule has 10 heteroatoms. The zero-order chi connectivity index (χ0) is 33.2. The van der Waals surface area contributed by atoms with E-state index in [1.165, 1.54) is 0 Å². The first kappa shape index (κ1) is 34.3. The fraction of sp³-hybridized carbons (Fsp3) is 0.472. The van der Waals surface area contributed by atoms with Crippen LogP contribution in [0.1, 0.15) is 33.6 Å². The number of rotatable bonds is 14. The Morgan fingerprint density at radius 3 is 2.09 bits per heavy atom. The van der Waals surface area contributed by atoms with Crippen molar-refractivity contribution in [1.82, 2.24) is 4.90 Å². The Morgan fingerprint density at radius 1 is 0.978 bits per heavy atom. The number of aliphatic hydroxyl groups is 1. The maximum atomic E-state index is 15.0. The van der Waals surface area contributed by atoms with Crippen molar-refractivity contribution >= 4 is 62.5 Å². The highest BCUT2D eigenvalue weighted by molar-refractivity contribution is 9.09. The number of carbonyl (C=O) groups excluding carboxylic acids is 3. The molecule has 3 heterocycles. The van der Waals surface area contributed by atoms with Gasteiger partial charge in [0.05, 0.1) is 29.2 Å². The summed E-state index contributed by atoms with van der Waals surface area (Å²) in [5, 5.41) is 10.3. The molecule has 5 rings (SSSR count). The Morgan fingerprint density at radius 2 is 1.54 bits per heavy atom. The van der Waals surface area contributed by atoms with E-state index in [0.29, 0.717) is 25.1 Å². The van der Waals surface area contributed by atoms with E-state index < -0.39 is 28.7 Å². The number of anilines is 3. The molecule has 2 aromatic carbocycles. The first-order chi connectivity index (χ1) is 22.2. The Balaban J connectivity index is 1.58. The molecule has 7 atom stereocenters. The minimum atomic E-state index is -0.859. The van der Waals surface area contributed by atoms with E-state index in [-0.39, 0.29) is 41.0 Å². The fourth-order valence-corrected chi connectivity index (χ4v) is 11.3. The van der Waals surface area contributed by atoms with Gasteiger partial charge in [-0.3, -0.25) is 14.4 Å². The molecule has 3 aliphatic heterocycles. The number of amides is 3. The summed E-state index contributed by atoms with van der Waals surface area (Å²) in [6, 6.07) is 15.9. The molecule has 3 aliphatic rings. The van der Waals surface area contributed by atoms with Crippen LogP contribution >= 0.6 is 27.7 Å². The third kappa shape index (κ3) is 5.70. The summed E-state index contributed by atoms with van der Waals surface area (Å²) in [4.78, 5) is 51.4. The first-order valence-electron chi connectivity index (χ1n) is 16.2. The minimum absolute atomic E-state index is 0.0671. The van der Waals surface area contributed by atoms with Crippen LogP contribution in [0.15, 0.2) is 79.9 Å². The van der Waals surface area contributed by atoms with Crippen molar-refractivity contribution in [3.8, 4) is 0 Å². The number of likely N-dealkylation sites (tertiary alicyclic amines) is 1. The molecule has 246 valence electrons. The van der Waals surface area contributed by atoms with Crippen LogP contribution in [0.5, 0.6) is 0 Å². The summed E-state index contributed by atoms with van der Waals surface area (Å²) in [6.07, 6.45) is 4.43. The molecule has 3 unspecified atom stereocenters. The monoisotopic (exact) mass is 708 g/mol. The molecule has 1 N–H and O–H groups in total. The van der Waals surface area contributed by atoms with Gasteiger partial charge in [-0.25, -0.2) is 0 Å². The number of hydrogen-bond donors (Lipinski definition) is 1. The molecular weight excluding hydrogens is 664 g/mol. The average Bonchev–Trinajstić information content (AvgIpc) is 3.67. The van der Waals surface area contributed by atoms with Crippen molar-refractivity contribution in [2.24, 2.45) is 11.8 Å². The lowest BCUT2D eigenvalue weighted by Crippen LogP contribution is -2.58. The van der Waals surface area contributed by atoms with Crippen LogP contribution in [0.4, 0.5) is 17.1 Å². The topological polar surface area (TPSA) is 84.4 Å². The Labute approximate surface area is 285 Å². The lowest BCUT2D eigenvalue weighted by molar-refractivity contribution is -0.141. The van der Waals surface area contributed by atoms with Gasteiger partial charge in [-0.2, -0.15) is 0 Å². The number of hydrogen-bond acceptors (Lipinski definition) is 6. The van der Waals surface area contributed by atoms with Crippen molar-refractivity contribution in [2.45, 2.75) is 60.5 Å². The average molecular weight is 710 g/mol. The highest BCUT2D eigenvalue weighted by Crippen LogP contribution is 2.68. The standard InChI is InChI=1S/C36H45BrN4O4S/c1-6-20-39(26-14-12-11-13-15-26)33(43)29-30-34(44)41(24(8-3)23-42)32(36(30)22-28(37)31(29)46-36)35(45)40(21-7-2)27-18-16-25(17-19-27)38(9-4)10-5/h6-7,11-19,24,28-32,42H,1-2,8-10,20-23H2,3-5H3/t24-,28?,29+,30-,31+,32?,36?/m0/s1. The molecule has 0 aromatic heterocycles. The summed E-state index contributed by atoms with van der Waals surface area (Å²) >= 11 is 5.48. The maximum Gasteiger partial charge on any atom is 0.251 e. The number of carbonyl (C=O) groups is 3. The minimum Gasteiger partial charge on any atom is -0.394 e. The van der Waals surface area contributed by atoms with Crippen LogP contribution in [-0.4, -0.2) is 87.4 Å². The van der Waals surface area contributed by atoms with Crippen molar-refractivity contribution < 1.29 is 19.5 Å². The molecule has 3 saturated heterocycles. The van der Waals surface area contributed by atoms with E-state index in [1.54, 1.807) is 38.6 Å². The summed E-state index contributed by atoms with van der Waals surface area (Å²) in [6.45, 7) is 16.0. The first-order valence-corrected chi connectivity index (χ1v) is 18.0. The number of thioether (sulfide) groups is 1. The predicted molar refractivity (Wildman–Crippen MR) is 192 cm³/mol. The van der Waals surface area contributed by atoms with Crippen LogP contribution < -0.4 is 14.7 Å². The van der Waals surface area contributed by atoms with Gasteiger partial charge in [0.1, 0.15) is 6.04 Å². The fourth-order valence-electron chi connectivity index (χ4n) is 7.71. The normalized spacial score (nSPS) is 26.8. The number of para-hydroxylation sites is 1. The molecule has 0 radical (unpaired) electrons. The summed E-state index contributed by atoms with van der Waals surface area (Å²) in [5.41, 5.74) is 2.52. The molecule has 0 aliphatic carbocycles. The highest BCUT2D eigenvalue weighted by Gasteiger charge is 2.76. The van der Waals surface area contributed by atoms with Gasteiger partial charge in [0.2, 0.25) is 11.8 Å². The van der Waals surface area contributed by atoms with E-state index in [9.17, 15) is 19.5 Å². The predicted octanol–water partition coefficient (Wildman–Crippen LogP) is 5.51. The molecule has 0 saturated carbocycles. The second kappa shape index (κ2) is 14.4. The highest BCUT2D eigenvalue weighted by atomic mass is 79.9. The molecule has 1 spiro atoms. The lowest BCUT2D eigenvalue weighted by atomic mass is 9.70. The third-order valence-electron chi connectivity index (χ3n) is 9.83. The smallest absolute Gasteiger partial charge is 0.251 e. The second-order valence-corrected chi connectivity index (χ2v) is 14.9. The van der Waals surface area contributed by atoms with E-state index in [2.05, 4.69) is 47.8 Å². The number of benzene rings is 2. The molecular formula is C36H45BrN4O4S. The number of halogens is 1. The van der Waals surface area contributed by atoms with Gasteiger partial charge in [-0.05, 0) is 63.1 Å². The van der Waals surface area contributed by atoms with Crippen LogP contribution in [0.2, 0.25) is 0 Å². The largest absolute Gasteiger partial charge is 0.394 e. The Hall–Kier alpha value is -3.08. The van der Waals surface area contributed by atoms with Gasteiger partial charge in [-0.1, -0.05) is 53.2 Å². The molecule has 8 nitrogen and oxygen atoms in total. The number of nitrogens with zero attached hydrogens (tertiary/aromatic N) is 4. The molecule has 3 fully saturated rings. The van der Waals surface area contributed by atoms with Gasteiger partial charge in [0.15, 0.2) is 0 Å². The van der Waals surface area contributed by atoms with Gasteiger partial charge in [0.25, 0.3) is 5.91 Å². The van der Waals surface area contributed by atoms with Crippen LogP contribution in [-0.2, 0) is 14.4 Å². The summed E-state index contributed by atoms with van der Waals surface area (Å²) in [5.74, 6) is -1.94. The van der Waals surface area contributed by atoms with Gasteiger partial charge in [0, 0.05) is 53.3 Å². The summed E-state index contributed by atoms with van der Waals surface area (Å²) in [7, 11) is 0.